The van der Waals surface area contributed by atoms with Crippen molar-refractivity contribution in [2.75, 3.05) is 11.9 Å². The molecule has 1 saturated heterocycles. The van der Waals surface area contributed by atoms with E-state index in [9.17, 15) is 18.0 Å². The van der Waals surface area contributed by atoms with Gasteiger partial charge in [-0.25, -0.2) is 19.9 Å². The van der Waals surface area contributed by atoms with E-state index in [1.54, 1.807) is 42.4 Å². The van der Waals surface area contributed by atoms with Crippen molar-refractivity contribution in [3.05, 3.63) is 65.9 Å². The van der Waals surface area contributed by atoms with Crippen molar-refractivity contribution in [3.8, 4) is 23.7 Å². The maximum absolute atomic E-state index is 13.6. The minimum Gasteiger partial charge on any atom is -0.364 e. The molecule has 1 amide bonds. The first-order chi connectivity index (χ1) is 16.3. The first kappa shape index (κ1) is 23.2. The number of piperidine rings is 1. The third kappa shape index (κ3) is 4.83. The molecule has 4 rings (SSSR count). The summed E-state index contributed by atoms with van der Waals surface area (Å²) >= 11 is 0. The van der Waals surface area contributed by atoms with E-state index >= 15 is 0 Å². The Bertz CT molecular complexity index is 1210. The van der Waals surface area contributed by atoms with E-state index in [0.29, 0.717) is 36.5 Å². The molecule has 10 heteroatoms. The van der Waals surface area contributed by atoms with Crippen molar-refractivity contribution in [1.29, 1.82) is 0 Å². The SMILES string of the molecule is C#CC1C(Nc2ccc(C(F)(F)F)cn2)CCCN1C(=O)c1nc(C)ccc1-c1ncccn1. The van der Waals surface area contributed by atoms with Crippen molar-refractivity contribution in [2.45, 2.75) is 38.0 Å². The van der Waals surface area contributed by atoms with Crippen LogP contribution in [0.15, 0.2) is 48.9 Å². The number of terminal acetylenes is 1. The van der Waals surface area contributed by atoms with Crippen LogP contribution in [0.3, 0.4) is 0 Å². The zero-order chi connectivity index (χ0) is 24.3. The molecule has 4 heterocycles. The number of aryl methyl sites for hydroxylation is 1. The molecule has 34 heavy (non-hydrogen) atoms. The second-order valence-corrected chi connectivity index (χ2v) is 7.85. The molecular weight excluding hydrogens is 445 g/mol. The Labute approximate surface area is 194 Å². The molecule has 0 saturated carbocycles. The Morgan fingerprint density at radius 1 is 1.18 bits per heavy atom. The molecule has 0 bridgehead atoms. The van der Waals surface area contributed by atoms with Gasteiger partial charge in [0.25, 0.3) is 5.91 Å². The normalized spacial score (nSPS) is 18.3. The smallest absolute Gasteiger partial charge is 0.364 e. The van der Waals surface area contributed by atoms with Gasteiger partial charge in [-0.1, -0.05) is 5.92 Å². The Balaban J connectivity index is 1.60. The van der Waals surface area contributed by atoms with Crippen LogP contribution in [0.4, 0.5) is 19.0 Å². The van der Waals surface area contributed by atoms with Crippen LogP contribution >= 0.6 is 0 Å². The van der Waals surface area contributed by atoms with Gasteiger partial charge in [0.05, 0.1) is 17.2 Å². The lowest BCUT2D eigenvalue weighted by Gasteiger charge is -2.39. The van der Waals surface area contributed by atoms with E-state index in [1.807, 2.05) is 0 Å². The fourth-order valence-electron chi connectivity index (χ4n) is 3.89. The van der Waals surface area contributed by atoms with Crippen LogP contribution in [0.5, 0.6) is 0 Å². The number of amides is 1. The molecule has 0 radical (unpaired) electrons. The van der Waals surface area contributed by atoms with E-state index in [-0.39, 0.29) is 17.4 Å². The molecule has 1 fully saturated rings. The molecule has 2 atom stereocenters. The van der Waals surface area contributed by atoms with E-state index in [1.165, 1.54) is 6.07 Å². The lowest BCUT2D eigenvalue weighted by molar-refractivity contribution is -0.137. The van der Waals surface area contributed by atoms with Crippen molar-refractivity contribution >= 4 is 11.7 Å². The number of hydrogen-bond acceptors (Lipinski definition) is 6. The molecule has 2 unspecified atom stereocenters. The zero-order valence-corrected chi connectivity index (χ0v) is 18.3. The summed E-state index contributed by atoms with van der Waals surface area (Å²) in [7, 11) is 0. The van der Waals surface area contributed by atoms with Crippen molar-refractivity contribution < 1.29 is 18.0 Å². The Morgan fingerprint density at radius 3 is 2.59 bits per heavy atom. The van der Waals surface area contributed by atoms with Crippen LogP contribution < -0.4 is 5.32 Å². The summed E-state index contributed by atoms with van der Waals surface area (Å²) < 4.78 is 38.5. The van der Waals surface area contributed by atoms with Crippen molar-refractivity contribution in [3.63, 3.8) is 0 Å². The summed E-state index contributed by atoms with van der Waals surface area (Å²) in [6, 6.07) is 6.36. The van der Waals surface area contributed by atoms with Crippen LogP contribution in [-0.2, 0) is 6.18 Å². The van der Waals surface area contributed by atoms with Crippen molar-refractivity contribution in [2.24, 2.45) is 0 Å². The number of nitrogens with zero attached hydrogens (tertiary/aromatic N) is 5. The highest BCUT2D eigenvalue weighted by Gasteiger charge is 2.36. The molecule has 0 aromatic carbocycles. The van der Waals surface area contributed by atoms with Gasteiger partial charge in [0.15, 0.2) is 5.82 Å². The minimum atomic E-state index is -4.47. The van der Waals surface area contributed by atoms with E-state index < -0.39 is 23.8 Å². The van der Waals surface area contributed by atoms with Gasteiger partial charge in [-0.05, 0) is 50.1 Å². The Kier molecular flexibility index (Phi) is 6.45. The number of carbonyl (C=O) groups excluding carboxylic acids is 1. The van der Waals surface area contributed by atoms with Crippen molar-refractivity contribution in [1.82, 2.24) is 24.8 Å². The van der Waals surface area contributed by atoms with Gasteiger partial charge in [-0.15, -0.1) is 6.42 Å². The molecule has 1 aliphatic rings. The summed E-state index contributed by atoms with van der Waals surface area (Å²) in [5.74, 6) is 2.92. The summed E-state index contributed by atoms with van der Waals surface area (Å²) in [5, 5.41) is 3.09. The fraction of sp³-hybridized carbons (Fsp3) is 0.292. The van der Waals surface area contributed by atoms with Gasteiger partial charge in [-0.3, -0.25) is 4.79 Å². The number of halogens is 3. The number of alkyl halides is 3. The fourth-order valence-corrected chi connectivity index (χ4v) is 3.89. The Morgan fingerprint density at radius 2 is 1.94 bits per heavy atom. The standard InChI is InChI=1S/C24H21F3N6O/c1-3-19-18(32-20-10-8-16(14-30-20)24(25,26)27)6-4-13-33(19)23(34)21-17(9-7-15(2)31-21)22-28-11-5-12-29-22/h1,5,7-12,14,18-19H,4,6,13H2,2H3,(H,30,32). The first-order valence-corrected chi connectivity index (χ1v) is 10.6. The number of nitrogens with one attached hydrogen (secondary N) is 1. The van der Waals surface area contributed by atoms with Gasteiger partial charge in [0, 0.05) is 30.8 Å². The van der Waals surface area contributed by atoms with Gasteiger partial charge >= 0.3 is 6.18 Å². The molecule has 7 nitrogen and oxygen atoms in total. The molecule has 0 aliphatic carbocycles. The van der Waals surface area contributed by atoms with Gasteiger partial charge in [-0.2, -0.15) is 13.2 Å². The predicted octanol–water partition coefficient (Wildman–Crippen LogP) is 3.98. The van der Waals surface area contributed by atoms with Crippen LogP contribution in [0.2, 0.25) is 0 Å². The number of carbonyl (C=O) groups is 1. The third-order valence-electron chi connectivity index (χ3n) is 5.53. The predicted molar refractivity (Wildman–Crippen MR) is 120 cm³/mol. The Hall–Kier alpha value is -4.00. The topological polar surface area (TPSA) is 83.9 Å². The van der Waals surface area contributed by atoms with Gasteiger partial charge in [0.1, 0.15) is 17.6 Å². The zero-order valence-electron chi connectivity index (χ0n) is 18.3. The summed E-state index contributed by atoms with van der Waals surface area (Å²) in [6.45, 7) is 2.19. The highest BCUT2D eigenvalue weighted by atomic mass is 19.4. The number of hydrogen-bond donors (Lipinski definition) is 1. The van der Waals surface area contributed by atoms with E-state index in [0.717, 1.165) is 12.3 Å². The van der Waals surface area contributed by atoms with Gasteiger partial charge < -0.3 is 10.2 Å². The highest BCUT2D eigenvalue weighted by molar-refractivity contribution is 5.98. The molecule has 1 aliphatic heterocycles. The first-order valence-electron chi connectivity index (χ1n) is 10.6. The number of pyridine rings is 2. The molecule has 0 spiro atoms. The van der Waals surface area contributed by atoms with Crippen LogP contribution in [-0.4, -0.2) is 49.4 Å². The number of likely N-dealkylation sites (tertiary alicyclic amines) is 1. The highest BCUT2D eigenvalue weighted by Crippen LogP contribution is 2.30. The summed E-state index contributed by atoms with van der Waals surface area (Å²) in [6.07, 6.45) is 6.54. The minimum absolute atomic E-state index is 0.194. The summed E-state index contributed by atoms with van der Waals surface area (Å²) in [4.78, 5) is 32.0. The quantitative estimate of drug-likeness (QED) is 0.586. The van der Waals surface area contributed by atoms with Crippen LogP contribution in [0, 0.1) is 19.3 Å². The maximum atomic E-state index is 13.6. The molecular formula is C24H21F3N6O. The maximum Gasteiger partial charge on any atom is 0.417 e. The average Bonchev–Trinajstić information content (AvgIpc) is 2.83. The van der Waals surface area contributed by atoms with Crippen LogP contribution in [0.25, 0.3) is 11.4 Å². The summed E-state index contributed by atoms with van der Waals surface area (Å²) in [5.41, 5.74) is 0.500. The molecule has 3 aromatic rings. The third-order valence-corrected chi connectivity index (χ3v) is 5.53. The lowest BCUT2D eigenvalue weighted by atomic mass is 9.95. The molecule has 3 aromatic heterocycles. The number of rotatable bonds is 4. The lowest BCUT2D eigenvalue weighted by Crippen LogP contribution is -2.53. The number of anilines is 1. The number of aromatic nitrogens is 4. The van der Waals surface area contributed by atoms with Crippen LogP contribution in [0.1, 0.15) is 34.6 Å². The van der Waals surface area contributed by atoms with E-state index in [4.69, 9.17) is 6.42 Å². The monoisotopic (exact) mass is 466 g/mol. The average molecular weight is 466 g/mol. The second-order valence-electron chi connectivity index (χ2n) is 7.85. The largest absolute Gasteiger partial charge is 0.417 e. The molecule has 1 N–H and O–H groups in total. The van der Waals surface area contributed by atoms with E-state index in [2.05, 4.69) is 31.2 Å². The molecule has 174 valence electrons. The van der Waals surface area contributed by atoms with Gasteiger partial charge in [0.2, 0.25) is 0 Å². The second kappa shape index (κ2) is 9.47.